The van der Waals surface area contributed by atoms with E-state index >= 15 is 0 Å². The second-order valence-corrected chi connectivity index (χ2v) is 22.8. The number of carbonyl (C=O) groups excluding carboxylic acids is 1. The summed E-state index contributed by atoms with van der Waals surface area (Å²) in [5.74, 6) is -0.178. The van der Waals surface area contributed by atoms with Crippen molar-refractivity contribution in [3.63, 3.8) is 0 Å². The molecule has 0 aliphatic carbocycles. The molecule has 0 fully saturated rings. The molecule has 0 aromatic heterocycles. The first-order valence-corrected chi connectivity index (χ1v) is 31.2. The number of nitrogens with zero attached hydrogens (tertiary/aromatic N) is 1. The number of rotatable bonds is 54. The van der Waals surface area contributed by atoms with E-state index in [1.54, 1.807) is 6.08 Å². The number of unbranched alkanes of at least 4 members (excludes halogenated alkanes) is 33. The molecule has 0 saturated heterocycles. The molecule has 0 saturated carbocycles. The van der Waals surface area contributed by atoms with Crippen molar-refractivity contribution in [3.8, 4) is 0 Å². The molecule has 0 aliphatic heterocycles. The third kappa shape index (κ3) is 54.0. The molecule has 3 N–H and O–H groups in total. The highest BCUT2D eigenvalue weighted by atomic mass is 31.2. The van der Waals surface area contributed by atoms with E-state index in [2.05, 4.69) is 67.8 Å². The second-order valence-electron chi connectivity index (χ2n) is 21.3. The van der Waals surface area contributed by atoms with Crippen LogP contribution in [0.3, 0.4) is 0 Å². The fraction of sp³-hybridized carbons (Fsp3) is 0.820. The molecule has 0 spiro atoms. The SMILES string of the molecule is CC/C=C\C/C=C\C/C=C\C/C=C\CCCCCCCCCCCCCCCCCCCCCCCCCCCCCCC(=O)NC(COP(=O)(O)OCC[N+](C)(C)C)C(O)/C=C/CCCCCCC. The van der Waals surface area contributed by atoms with Gasteiger partial charge in [-0.25, -0.2) is 4.57 Å². The van der Waals surface area contributed by atoms with Crippen molar-refractivity contribution in [3.05, 3.63) is 60.8 Å². The molecule has 0 heterocycles. The molecule has 0 aliphatic rings. The van der Waals surface area contributed by atoms with E-state index in [1.807, 2.05) is 27.2 Å². The van der Waals surface area contributed by atoms with Crippen LogP contribution >= 0.6 is 7.82 Å². The molecule has 0 rings (SSSR count). The van der Waals surface area contributed by atoms with E-state index in [4.69, 9.17) is 9.05 Å². The van der Waals surface area contributed by atoms with Gasteiger partial charge in [0.1, 0.15) is 13.2 Å². The summed E-state index contributed by atoms with van der Waals surface area (Å²) in [6, 6.07) is -0.842. The highest BCUT2D eigenvalue weighted by Crippen LogP contribution is 2.43. The number of phosphoric acid groups is 1. The first-order chi connectivity index (χ1) is 34.0. The monoisotopic (exact) mass is 1000 g/mol. The Kier molecular flexibility index (Phi) is 50.7. The van der Waals surface area contributed by atoms with Crippen LogP contribution in [0.25, 0.3) is 0 Å². The van der Waals surface area contributed by atoms with Crippen molar-refractivity contribution in [2.45, 2.75) is 283 Å². The van der Waals surface area contributed by atoms with Crippen molar-refractivity contribution in [2.24, 2.45) is 0 Å². The number of aliphatic hydroxyl groups is 1. The summed E-state index contributed by atoms with van der Waals surface area (Å²) in [6.45, 7) is 4.65. The van der Waals surface area contributed by atoms with Crippen LogP contribution in [-0.2, 0) is 18.4 Å². The Bertz CT molecular complexity index is 1320. The average molecular weight is 1000 g/mol. The molecule has 0 bridgehead atoms. The minimum Gasteiger partial charge on any atom is -0.387 e. The fourth-order valence-corrected chi connectivity index (χ4v) is 9.36. The molecule has 0 aromatic rings. The van der Waals surface area contributed by atoms with Gasteiger partial charge in [-0.15, -0.1) is 0 Å². The van der Waals surface area contributed by atoms with Crippen LogP contribution in [0.2, 0.25) is 0 Å². The Hall–Kier alpha value is -1.80. The van der Waals surface area contributed by atoms with E-state index < -0.39 is 20.0 Å². The largest absolute Gasteiger partial charge is 0.472 e. The summed E-state index contributed by atoms with van der Waals surface area (Å²) in [5, 5.41) is 13.8. The van der Waals surface area contributed by atoms with Gasteiger partial charge in [0.05, 0.1) is 39.9 Å². The lowest BCUT2D eigenvalue weighted by atomic mass is 10.0. The Morgan fingerprint density at radius 3 is 1.26 bits per heavy atom. The van der Waals surface area contributed by atoms with Gasteiger partial charge in [0.25, 0.3) is 0 Å². The van der Waals surface area contributed by atoms with Gasteiger partial charge < -0.3 is 19.8 Å². The Morgan fingerprint density at radius 2 is 0.857 bits per heavy atom. The molecule has 410 valence electrons. The number of likely N-dealkylation sites (N-methyl/N-ethyl adjacent to an activating group) is 1. The second kappa shape index (κ2) is 52.1. The number of nitrogens with one attached hydrogen (secondary N) is 1. The van der Waals surface area contributed by atoms with Crippen LogP contribution in [0.1, 0.15) is 271 Å². The van der Waals surface area contributed by atoms with Crippen LogP contribution in [-0.4, -0.2) is 73.4 Å². The predicted molar refractivity (Wildman–Crippen MR) is 304 cm³/mol. The Morgan fingerprint density at radius 1 is 0.500 bits per heavy atom. The summed E-state index contributed by atoms with van der Waals surface area (Å²) in [5.41, 5.74) is 0. The maximum atomic E-state index is 12.9. The first kappa shape index (κ1) is 68.2. The van der Waals surface area contributed by atoms with Crippen molar-refractivity contribution in [1.82, 2.24) is 5.32 Å². The highest BCUT2D eigenvalue weighted by Gasteiger charge is 2.27. The van der Waals surface area contributed by atoms with Gasteiger partial charge in [-0.3, -0.25) is 13.8 Å². The topological polar surface area (TPSA) is 105 Å². The van der Waals surface area contributed by atoms with E-state index in [0.29, 0.717) is 17.4 Å². The molecular formula is C61H116N2O6P+. The molecular weight excluding hydrogens is 888 g/mol. The lowest BCUT2D eigenvalue weighted by Gasteiger charge is -2.25. The zero-order chi connectivity index (χ0) is 51.3. The van der Waals surface area contributed by atoms with E-state index in [9.17, 15) is 19.4 Å². The number of carbonyl (C=O) groups is 1. The van der Waals surface area contributed by atoms with Gasteiger partial charge >= 0.3 is 7.82 Å². The highest BCUT2D eigenvalue weighted by molar-refractivity contribution is 7.47. The van der Waals surface area contributed by atoms with Crippen LogP contribution in [0.5, 0.6) is 0 Å². The maximum absolute atomic E-state index is 12.9. The van der Waals surface area contributed by atoms with E-state index in [-0.39, 0.29) is 19.1 Å². The van der Waals surface area contributed by atoms with Gasteiger partial charge in [-0.05, 0) is 57.8 Å². The molecule has 3 unspecified atom stereocenters. The Labute approximate surface area is 434 Å². The minimum absolute atomic E-state index is 0.0620. The molecule has 8 nitrogen and oxygen atoms in total. The normalized spacial score (nSPS) is 14.3. The van der Waals surface area contributed by atoms with Crippen LogP contribution < -0.4 is 5.32 Å². The first-order valence-electron chi connectivity index (χ1n) is 29.7. The maximum Gasteiger partial charge on any atom is 0.472 e. The van der Waals surface area contributed by atoms with Crippen molar-refractivity contribution in [1.29, 1.82) is 0 Å². The zero-order valence-corrected chi connectivity index (χ0v) is 47.7. The molecule has 1 amide bonds. The van der Waals surface area contributed by atoms with Crippen LogP contribution in [0.15, 0.2) is 60.8 Å². The van der Waals surface area contributed by atoms with Gasteiger partial charge in [0, 0.05) is 6.42 Å². The van der Waals surface area contributed by atoms with E-state index in [0.717, 1.165) is 64.2 Å². The standard InChI is InChI=1S/C61H115N2O6P/c1-6-8-10-12-14-15-16-17-18-19-20-21-22-23-24-25-26-27-28-29-30-31-32-33-34-35-36-37-38-39-40-41-42-43-44-45-46-47-49-51-53-55-61(65)62-59(60(64)54-52-50-48-13-11-9-7-2)58-69-70(66,67)68-57-56-63(3,4)5/h8,10,14-15,17-18,20-21,52,54,59-60,64H,6-7,9,11-13,16,19,22-51,53,55-58H2,1-5H3,(H-,62,65,66,67)/p+1/b10-8-,15-14-,18-17-,21-20-,54-52+. The van der Waals surface area contributed by atoms with Crippen LogP contribution in [0.4, 0.5) is 0 Å². The number of amides is 1. The van der Waals surface area contributed by atoms with Crippen molar-refractivity contribution >= 4 is 13.7 Å². The fourth-order valence-electron chi connectivity index (χ4n) is 8.62. The molecule has 0 aromatic carbocycles. The number of aliphatic hydroxyl groups excluding tert-OH is 1. The molecule has 0 radical (unpaired) electrons. The minimum atomic E-state index is -4.33. The third-order valence-corrected chi connectivity index (χ3v) is 14.2. The smallest absolute Gasteiger partial charge is 0.387 e. The molecule has 70 heavy (non-hydrogen) atoms. The summed E-state index contributed by atoms with van der Waals surface area (Å²) in [4.78, 5) is 23.1. The van der Waals surface area contributed by atoms with Gasteiger partial charge in [-0.1, -0.05) is 267 Å². The van der Waals surface area contributed by atoms with Gasteiger partial charge in [0.15, 0.2) is 0 Å². The molecule has 3 atom stereocenters. The number of hydrogen-bond acceptors (Lipinski definition) is 5. The third-order valence-electron chi connectivity index (χ3n) is 13.2. The quantitative estimate of drug-likeness (QED) is 0.0243. The Balaban J connectivity index is 3.71. The number of quaternary nitrogens is 1. The van der Waals surface area contributed by atoms with E-state index in [1.165, 1.54) is 186 Å². The molecule has 9 heteroatoms. The summed E-state index contributed by atoms with van der Waals surface area (Å²) in [6.07, 6.45) is 71.1. The lowest BCUT2D eigenvalue weighted by molar-refractivity contribution is -0.870. The summed E-state index contributed by atoms with van der Waals surface area (Å²) >= 11 is 0. The lowest BCUT2D eigenvalue weighted by Crippen LogP contribution is -2.45. The van der Waals surface area contributed by atoms with Gasteiger partial charge in [0.2, 0.25) is 5.91 Å². The van der Waals surface area contributed by atoms with Crippen LogP contribution in [0, 0.1) is 0 Å². The van der Waals surface area contributed by atoms with Crippen molar-refractivity contribution in [2.75, 3.05) is 40.9 Å². The van der Waals surface area contributed by atoms with Crippen molar-refractivity contribution < 1.29 is 32.9 Å². The average Bonchev–Trinajstić information content (AvgIpc) is 3.32. The zero-order valence-electron chi connectivity index (χ0n) is 46.8. The number of hydrogen-bond donors (Lipinski definition) is 3. The summed E-state index contributed by atoms with van der Waals surface area (Å²) < 4.78 is 23.5. The van der Waals surface area contributed by atoms with Gasteiger partial charge in [-0.2, -0.15) is 0 Å². The number of allylic oxidation sites excluding steroid dienone is 9. The predicted octanol–water partition coefficient (Wildman–Crippen LogP) is 18.1. The summed E-state index contributed by atoms with van der Waals surface area (Å²) in [7, 11) is 1.58. The number of phosphoric ester groups is 1.